The second-order valence-electron chi connectivity index (χ2n) is 8.36. The molecule has 3 aromatic rings. The summed E-state index contributed by atoms with van der Waals surface area (Å²) in [5, 5.41) is 2.72. The number of amides is 3. The van der Waals surface area contributed by atoms with Crippen LogP contribution >= 0.6 is 7.60 Å². The van der Waals surface area contributed by atoms with Crippen molar-refractivity contribution in [1.82, 2.24) is 10.2 Å². The van der Waals surface area contributed by atoms with Crippen molar-refractivity contribution in [2.45, 2.75) is 32.0 Å². The van der Waals surface area contributed by atoms with Crippen molar-refractivity contribution in [3.63, 3.8) is 0 Å². The maximum atomic E-state index is 13.7. The molecule has 9 heteroatoms. The van der Waals surface area contributed by atoms with Crippen LogP contribution in [0.25, 0.3) is 0 Å². The Bertz CT molecular complexity index is 1200. The highest BCUT2D eigenvalue weighted by Crippen LogP contribution is 2.51. The number of hydrogen-bond acceptors (Lipinski definition) is 6. The Morgan fingerprint density at radius 2 is 1.28 bits per heavy atom. The van der Waals surface area contributed by atoms with Gasteiger partial charge in [0.25, 0.3) is 11.8 Å². The summed E-state index contributed by atoms with van der Waals surface area (Å²) in [6.45, 7) is 1.80. The number of unbranched alkanes of at least 4 members (excludes halogenated alkanes) is 1. The molecular formula is C27H27N2O6P. The molecule has 0 bridgehead atoms. The number of nitrogens with one attached hydrogen (secondary N) is 1. The summed E-state index contributed by atoms with van der Waals surface area (Å²) in [7, 11) is -3.84. The minimum absolute atomic E-state index is 0.129. The van der Waals surface area contributed by atoms with Gasteiger partial charge in [0.15, 0.2) is 5.78 Å². The first-order chi connectivity index (χ1) is 17.4. The highest BCUT2D eigenvalue weighted by molar-refractivity contribution is 7.55. The number of imide groups is 1. The lowest BCUT2D eigenvalue weighted by Crippen LogP contribution is -2.35. The first-order valence-electron chi connectivity index (χ1n) is 11.7. The van der Waals surface area contributed by atoms with Gasteiger partial charge in [0, 0.05) is 13.0 Å². The van der Waals surface area contributed by atoms with Gasteiger partial charge in [0.1, 0.15) is 11.5 Å². The first kappa shape index (κ1) is 25.2. The minimum atomic E-state index is -3.84. The van der Waals surface area contributed by atoms with Crippen molar-refractivity contribution >= 4 is 25.3 Å². The predicted octanol–water partition coefficient (Wildman–Crippen LogP) is 5.27. The number of carbonyl (C=O) groups is 3. The van der Waals surface area contributed by atoms with Gasteiger partial charge in [0.05, 0.1) is 11.1 Å². The van der Waals surface area contributed by atoms with Crippen molar-refractivity contribution in [2.75, 3.05) is 6.54 Å². The van der Waals surface area contributed by atoms with Gasteiger partial charge in [-0.05, 0) is 56.2 Å². The lowest BCUT2D eigenvalue weighted by Gasteiger charge is -2.25. The van der Waals surface area contributed by atoms with Crippen LogP contribution in [0.15, 0.2) is 84.9 Å². The van der Waals surface area contributed by atoms with Gasteiger partial charge in [-0.15, -0.1) is 0 Å². The van der Waals surface area contributed by atoms with Crippen molar-refractivity contribution in [3.05, 3.63) is 96.1 Å². The molecule has 1 heterocycles. The number of carbonyl (C=O) groups excluding carboxylic acids is 3. The van der Waals surface area contributed by atoms with E-state index in [4.69, 9.17) is 9.05 Å². The van der Waals surface area contributed by atoms with Gasteiger partial charge in [-0.25, -0.2) is 4.57 Å². The standard InChI is InChI=1S/C27H27N2O6P/c1-20(36(33,34-21-12-4-2-5-13-21)35-22-14-6-3-7-15-22)28-25(30)18-10-11-19-29-26(31)23-16-8-9-17-24(23)27(29)32/h2-9,12-17,20H,10-11,18-19H2,1H3,(H,28,30)/t20-/m1/s1. The van der Waals surface area contributed by atoms with E-state index in [0.717, 1.165) is 0 Å². The Balaban J connectivity index is 1.32. The summed E-state index contributed by atoms with van der Waals surface area (Å²) in [6.07, 6.45) is 1.03. The van der Waals surface area contributed by atoms with E-state index in [1.807, 2.05) is 12.1 Å². The number of para-hydroxylation sites is 2. The molecule has 0 saturated carbocycles. The van der Waals surface area contributed by atoms with Gasteiger partial charge >= 0.3 is 7.60 Å². The van der Waals surface area contributed by atoms with Crippen molar-refractivity contribution in [2.24, 2.45) is 0 Å². The van der Waals surface area contributed by atoms with Gasteiger partial charge in [-0.2, -0.15) is 0 Å². The van der Waals surface area contributed by atoms with E-state index >= 15 is 0 Å². The highest BCUT2D eigenvalue weighted by atomic mass is 31.2. The normalized spacial score (nSPS) is 13.8. The van der Waals surface area contributed by atoms with E-state index in [9.17, 15) is 18.9 Å². The number of hydrogen-bond donors (Lipinski definition) is 1. The van der Waals surface area contributed by atoms with Crippen LogP contribution < -0.4 is 14.4 Å². The molecule has 0 saturated heterocycles. The van der Waals surface area contributed by atoms with Gasteiger partial charge in [-0.1, -0.05) is 48.5 Å². The fourth-order valence-corrected chi connectivity index (χ4v) is 5.30. The van der Waals surface area contributed by atoms with Crippen LogP contribution in [0.3, 0.4) is 0 Å². The van der Waals surface area contributed by atoms with Crippen molar-refractivity contribution in [1.29, 1.82) is 0 Å². The van der Waals surface area contributed by atoms with Gasteiger partial charge in [-0.3, -0.25) is 19.3 Å². The molecule has 36 heavy (non-hydrogen) atoms. The number of benzene rings is 3. The predicted molar refractivity (Wildman–Crippen MR) is 135 cm³/mol. The lowest BCUT2D eigenvalue weighted by atomic mass is 10.1. The van der Waals surface area contributed by atoms with E-state index < -0.39 is 13.4 Å². The molecule has 0 radical (unpaired) electrons. The molecular weight excluding hydrogens is 479 g/mol. The number of fused-ring (bicyclic) bond motifs is 1. The first-order valence-corrected chi connectivity index (χ1v) is 13.3. The Kier molecular flexibility index (Phi) is 7.86. The van der Waals surface area contributed by atoms with E-state index in [-0.39, 0.29) is 30.7 Å². The molecule has 186 valence electrons. The molecule has 0 spiro atoms. The molecule has 1 aliphatic heterocycles. The molecule has 1 atom stereocenters. The zero-order valence-corrected chi connectivity index (χ0v) is 20.7. The number of rotatable bonds is 11. The largest absolute Gasteiger partial charge is 0.452 e. The van der Waals surface area contributed by atoms with Crippen molar-refractivity contribution in [3.8, 4) is 11.5 Å². The van der Waals surface area contributed by atoms with Crippen LogP contribution in [-0.4, -0.2) is 34.9 Å². The summed E-state index contributed by atoms with van der Waals surface area (Å²) in [6, 6.07) is 24.0. The summed E-state index contributed by atoms with van der Waals surface area (Å²) in [5.41, 5.74) is 0.809. The third-order valence-corrected chi connectivity index (χ3v) is 7.72. The van der Waals surface area contributed by atoms with Gasteiger partial charge in [0.2, 0.25) is 5.91 Å². The van der Waals surface area contributed by atoms with E-state index in [1.54, 1.807) is 79.7 Å². The maximum Gasteiger partial charge on any atom is 0.452 e. The highest BCUT2D eigenvalue weighted by Gasteiger charge is 2.37. The molecule has 1 N–H and O–H groups in total. The SMILES string of the molecule is C[C@H](NC(=O)CCCCN1C(=O)c2ccccc2C1=O)P(=O)(Oc1ccccc1)Oc1ccccc1. The third kappa shape index (κ3) is 5.83. The average molecular weight is 506 g/mol. The minimum Gasteiger partial charge on any atom is -0.415 e. The number of nitrogens with zero attached hydrogens (tertiary/aromatic N) is 1. The summed E-state index contributed by atoms with van der Waals surface area (Å²) in [5.74, 6) is -1.17. The van der Waals surface area contributed by atoms with Crippen LogP contribution in [0.4, 0.5) is 0 Å². The Labute approximate surface area is 209 Å². The topological polar surface area (TPSA) is 102 Å². The van der Waals surface area contributed by atoms with Crippen LogP contribution in [0.2, 0.25) is 0 Å². The van der Waals surface area contributed by atoms with Gasteiger partial charge < -0.3 is 14.4 Å². The van der Waals surface area contributed by atoms with Crippen LogP contribution in [0, 0.1) is 0 Å². The Morgan fingerprint density at radius 1 is 0.806 bits per heavy atom. The summed E-state index contributed by atoms with van der Waals surface area (Å²) < 4.78 is 25.2. The molecule has 1 aliphatic rings. The maximum absolute atomic E-state index is 13.7. The van der Waals surface area contributed by atoms with E-state index in [0.29, 0.717) is 35.5 Å². The van der Waals surface area contributed by atoms with Crippen LogP contribution in [0.5, 0.6) is 11.5 Å². The quantitative estimate of drug-likeness (QED) is 0.216. The second-order valence-corrected chi connectivity index (χ2v) is 10.6. The molecule has 0 aromatic heterocycles. The molecule has 8 nitrogen and oxygen atoms in total. The monoisotopic (exact) mass is 506 g/mol. The van der Waals surface area contributed by atoms with Crippen molar-refractivity contribution < 1.29 is 28.0 Å². The third-order valence-electron chi connectivity index (χ3n) is 5.71. The second kappa shape index (κ2) is 11.2. The fourth-order valence-electron chi connectivity index (χ4n) is 3.82. The summed E-state index contributed by atoms with van der Waals surface area (Å²) >= 11 is 0. The zero-order valence-electron chi connectivity index (χ0n) is 19.8. The summed E-state index contributed by atoms with van der Waals surface area (Å²) in [4.78, 5) is 38.7. The molecule has 3 amide bonds. The molecule has 0 fully saturated rings. The van der Waals surface area contributed by atoms with Crippen LogP contribution in [-0.2, 0) is 9.36 Å². The molecule has 0 aliphatic carbocycles. The lowest BCUT2D eigenvalue weighted by molar-refractivity contribution is -0.121. The smallest absolute Gasteiger partial charge is 0.415 e. The van der Waals surface area contributed by atoms with E-state index in [1.165, 1.54) is 4.90 Å². The molecule has 3 aromatic carbocycles. The molecule has 0 unspecified atom stereocenters. The average Bonchev–Trinajstić information content (AvgIpc) is 3.12. The molecule has 4 rings (SSSR count). The van der Waals surface area contributed by atoms with Crippen LogP contribution in [0.1, 0.15) is 46.9 Å². The fraction of sp³-hybridized carbons (Fsp3) is 0.222. The van der Waals surface area contributed by atoms with E-state index in [2.05, 4.69) is 5.32 Å². The Hall–Kier alpha value is -3.90. The Morgan fingerprint density at radius 3 is 1.78 bits per heavy atom. The zero-order chi connectivity index (χ0) is 25.5.